The molecule has 0 N–H and O–H groups in total. The summed E-state index contributed by atoms with van der Waals surface area (Å²) < 4.78 is 0. The highest BCUT2D eigenvalue weighted by Crippen LogP contribution is 2.63. The molecule has 40 heavy (non-hydrogen) atoms. The van der Waals surface area contributed by atoms with E-state index in [0.29, 0.717) is 11.6 Å². The highest BCUT2D eigenvalue weighted by molar-refractivity contribution is 6.30. The van der Waals surface area contributed by atoms with E-state index in [2.05, 4.69) is 13.8 Å². The summed E-state index contributed by atoms with van der Waals surface area (Å²) in [6, 6.07) is 0. The zero-order valence-electron chi connectivity index (χ0n) is 26.7. The van der Waals surface area contributed by atoms with Gasteiger partial charge < -0.3 is 0 Å². The summed E-state index contributed by atoms with van der Waals surface area (Å²) in [7, 11) is 0. The molecule has 0 bridgehead atoms. The Kier molecular flexibility index (Phi) is 10.9. The lowest BCUT2D eigenvalue weighted by molar-refractivity contribution is -0.179. The third-order valence-corrected chi connectivity index (χ3v) is 13.6. The average molecular weight is 553 g/mol. The molecule has 5 rings (SSSR count). The summed E-state index contributed by atoms with van der Waals surface area (Å²) >= 11 is 0. The number of unbranched alkanes of at least 4 members (excludes halogenated alkanes) is 6. The van der Waals surface area contributed by atoms with Gasteiger partial charge in [-0.1, -0.05) is 104 Å². The quantitative estimate of drug-likeness (QED) is 0.178. The van der Waals surface area contributed by atoms with E-state index >= 15 is 0 Å². The summed E-state index contributed by atoms with van der Waals surface area (Å²) in [4.78, 5) is 27.7. The molecule has 0 amide bonds. The smallest absolute Gasteiger partial charge is 0.159 e. The molecule has 0 saturated heterocycles. The Morgan fingerprint density at radius 1 is 0.450 bits per heavy atom. The van der Waals surface area contributed by atoms with Crippen LogP contribution in [0.2, 0.25) is 0 Å². The standard InChI is InChI=1S/C38H64O2/c1-3-5-7-9-11-29-13-17-31(18-14-29)33-21-25-37(26-22-33)35(39)38(36(37)40)27-23-34(24-28-38)32-19-15-30(16-20-32)12-10-8-6-4-2/h29-34H,3-28H2,1-2H3/t29-,30-,31-,32-,33?,34?,37?,38?. The fraction of sp³-hybridized carbons (Fsp3) is 0.947. The molecule has 0 atom stereocenters. The molecule has 0 aliphatic heterocycles. The SMILES string of the molecule is CCCCCC[C@H]1CC[C@H](C2CCC3(CC2)C(=O)C2(CCC([C@H]4CC[C@H](CCCCCC)CC4)CC2)C3=O)CC1. The van der Waals surface area contributed by atoms with E-state index in [0.717, 1.165) is 86.9 Å². The van der Waals surface area contributed by atoms with Crippen molar-refractivity contribution in [1.82, 2.24) is 0 Å². The molecule has 0 heterocycles. The molecule has 2 heteroatoms. The Hall–Kier alpha value is -0.660. The van der Waals surface area contributed by atoms with E-state index in [4.69, 9.17) is 0 Å². The van der Waals surface area contributed by atoms with Crippen LogP contribution < -0.4 is 0 Å². The van der Waals surface area contributed by atoms with Crippen LogP contribution in [-0.4, -0.2) is 11.6 Å². The molecular weight excluding hydrogens is 488 g/mol. The van der Waals surface area contributed by atoms with Crippen LogP contribution in [0, 0.1) is 46.3 Å². The first kappa shape index (κ1) is 30.8. The minimum atomic E-state index is -0.546. The first-order valence-corrected chi connectivity index (χ1v) is 18.6. The van der Waals surface area contributed by atoms with Crippen molar-refractivity contribution in [2.45, 2.75) is 181 Å². The van der Waals surface area contributed by atoms with Gasteiger partial charge in [0.25, 0.3) is 0 Å². The Balaban J connectivity index is 1.02. The molecule has 0 aromatic rings. The number of hydrogen-bond donors (Lipinski definition) is 0. The number of hydrogen-bond acceptors (Lipinski definition) is 2. The lowest BCUT2D eigenvalue weighted by Crippen LogP contribution is -2.68. The maximum atomic E-state index is 13.9. The van der Waals surface area contributed by atoms with Gasteiger partial charge in [0.2, 0.25) is 0 Å². The second kappa shape index (κ2) is 14.2. The van der Waals surface area contributed by atoms with Gasteiger partial charge in [0.1, 0.15) is 0 Å². The van der Waals surface area contributed by atoms with Gasteiger partial charge in [-0.25, -0.2) is 0 Å². The largest absolute Gasteiger partial charge is 0.297 e. The van der Waals surface area contributed by atoms with Crippen LogP contribution in [0.25, 0.3) is 0 Å². The van der Waals surface area contributed by atoms with Crippen LogP contribution in [0.15, 0.2) is 0 Å². The predicted molar refractivity (Wildman–Crippen MR) is 167 cm³/mol. The number of rotatable bonds is 12. The minimum absolute atomic E-state index is 0.411. The average Bonchev–Trinajstić information content (AvgIpc) is 3.02. The van der Waals surface area contributed by atoms with E-state index in [1.807, 2.05) is 0 Å². The van der Waals surface area contributed by atoms with Crippen LogP contribution in [0.5, 0.6) is 0 Å². The summed E-state index contributed by atoms with van der Waals surface area (Å²) in [6.45, 7) is 4.60. The van der Waals surface area contributed by atoms with Crippen molar-refractivity contribution < 1.29 is 9.59 Å². The zero-order valence-corrected chi connectivity index (χ0v) is 26.7. The maximum Gasteiger partial charge on any atom is 0.159 e. The van der Waals surface area contributed by atoms with E-state index in [9.17, 15) is 9.59 Å². The number of Topliss-reactive ketones (excluding diaryl/α,β-unsaturated/α-hetero) is 2. The van der Waals surface area contributed by atoms with E-state index < -0.39 is 10.8 Å². The summed E-state index contributed by atoms with van der Waals surface area (Å²) in [5, 5.41) is 0. The molecule has 2 spiro atoms. The van der Waals surface area contributed by atoms with Crippen LogP contribution in [-0.2, 0) is 9.59 Å². The molecule has 0 unspecified atom stereocenters. The van der Waals surface area contributed by atoms with Crippen molar-refractivity contribution in [1.29, 1.82) is 0 Å². The molecule has 0 aromatic carbocycles. The number of carbonyl (C=O) groups is 2. The highest BCUT2D eigenvalue weighted by Gasteiger charge is 2.71. The zero-order chi connectivity index (χ0) is 28.0. The van der Waals surface area contributed by atoms with E-state index in [-0.39, 0.29) is 0 Å². The molecule has 5 aliphatic carbocycles. The number of ketones is 2. The second-order valence-corrected chi connectivity index (χ2v) is 15.8. The minimum Gasteiger partial charge on any atom is -0.297 e. The summed E-state index contributed by atoms with van der Waals surface area (Å²) in [5.41, 5.74) is -1.09. The van der Waals surface area contributed by atoms with Crippen molar-refractivity contribution in [2.24, 2.45) is 46.3 Å². The monoisotopic (exact) mass is 552 g/mol. The predicted octanol–water partition coefficient (Wildman–Crippen LogP) is 11.0. The fourth-order valence-electron chi connectivity index (χ4n) is 10.8. The molecular formula is C38H64O2. The lowest BCUT2D eigenvalue weighted by atomic mass is 9.41. The summed E-state index contributed by atoms with van der Waals surface area (Å²) in [6.07, 6.45) is 33.6. The van der Waals surface area contributed by atoms with Gasteiger partial charge in [-0.2, -0.15) is 0 Å². The third-order valence-electron chi connectivity index (χ3n) is 13.6. The molecule has 5 saturated carbocycles. The van der Waals surface area contributed by atoms with E-state index in [1.165, 1.54) is 116 Å². The second-order valence-electron chi connectivity index (χ2n) is 15.8. The fourth-order valence-corrected chi connectivity index (χ4v) is 10.8. The highest BCUT2D eigenvalue weighted by atomic mass is 16.2. The third kappa shape index (κ3) is 6.46. The Bertz CT molecular complexity index is 711. The Morgan fingerprint density at radius 2 is 0.775 bits per heavy atom. The molecule has 228 valence electrons. The first-order valence-electron chi connectivity index (χ1n) is 18.6. The molecule has 0 radical (unpaired) electrons. The van der Waals surface area contributed by atoms with Crippen molar-refractivity contribution in [3.05, 3.63) is 0 Å². The van der Waals surface area contributed by atoms with E-state index in [1.54, 1.807) is 0 Å². The lowest BCUT2D eigenvalue weighted by Gasteiger charge is -2.58. The first-order chi connectivity index (χ1) is 19.5. The Labute approximate surface area is 248 Å². The van der Waals surface area contributed by atoms with Gasteiger partial charge in [0.05, 0.1) is 10.8 Å². The molecule has 5 fully saturated rings. The van der Waals surface area contributed by atoms with Gasteiger partial charge in [-0.15, -0.1) is 0 Å². The van der Waals surface area contributed by atoms with Gasteiger partial charge in [-0.05, 0) is 113 Å². The van der Waals surface area contributed by atoms with Crippen LogP contribution >= 0.6 is 0 Å². The van der Waals surface area contributed by atoms with Crippen molar-refractivity contribution >= 4 is 11.6 Å². The number of carbonyl (C=O) groups excluding carboxylic acids is 2. The molecule has 0 aromatic heterocycles. The van der Waals surface area contributed by atoms with Crippen LogP contribution in [0.1, 0.15) is 181 Å². The van der Waals surface area contributed by atoms with Gasteiger partial charge >= 0.3 is 0 Å². The normalized spacial score (nSPS) is 40.5. The summed E-state index contributed by atoms with van der Waals surface area (Å²) in [5.74, 6) is 6.05. The van der Waals surface area contributed by atoms with Crippen molar-refractivity contribution in [3.8, 4) is 0 Å². The van der Waals surface area contributed by atoms with Crippen molar-refractivity contribution in [3.63, 3.8) is 0 Å². The molecule has 5 aliphatic rings. The van der Waals surface area contributed by atoms with Crippen LogP contribution in [0.3, 0.4) is 0 Å². The van der Waals surface area contributed by atoms with Gasteiger partial charge in [0, 0.05) is 0 Å². The van der Waals surface area contributed by atoms with Gasteiger partial charge in [0.15, 0.2) is 11.6 Å². The maximum absolute atomic E-state index is 13.9. The topological polar surface area (TPSA) is 34.1 Å². The molecule has 2 nitrogen and oxygen atoms in total. The Morgan fingerprint density at radius 3 is 1.10 bits per heavy atom. The van der Waals surface area contributed by atoms with Crippen molar-refractivity contribution in [2.75, 3.05) is 0 Å². The van der Waals surface area contributed by atoms with Crippen LogP contribution in [0.4, 0.5) is 0 Å². The van der Waals surface area contributed by atoms with Gasteiger partial charge in [-0.3, -0.25) is 9.59 Å².